The molecule has 5 nitrogen and oxygen atoms in total. The zero-order chi connectivity index (χ0) is 18.7. The van der Waals surface area contributed by atoms with Crippen LogP contribution in [0.2, 0.25) is 0 Å². The van der Waals surface area contributed by atoms with E-state index in [1.165, 1.54) is 0 Å². The highest BCUT2D eigenvalue weighted by atomic mass is 79.9. The number of hydrogen-bond acceptors (Lipinski definition) is 4. The molecule has 0 atom stereocenters. The van der Waals surface area contributed by atoms with Gasteiger partial charge in [0.15, 0.2) is 18.1 Å². The number of rotatable bonds is 5. The Morgan fingerprint density at radius 1 is 1.19 bits per heavy atom. The van der Waals surface area contributed by atoms with Gasteiger partial charge in [-0.1, -0.05) is 29.8 Å². The van der Waals surface area contributed by atoms with E-state index in [1.807, 2.05) is 19.1 Å². The fourth-order valence-corrected chi connectivity index (χ4v) is 3.07. The fourth-order valence-electron chi connectivity index (χ4n) is 2.71. The van der Waals surface area contributed by atoms with Gasteiger partial charge in [-0.2, -0.15) is 0 Å². The van der Waals surface area contributed by atoms with Crippen LogP contribution in [0.15, 0.2) is 34.8 Å². The third-order valence-electron chi connectivity index (χ3n) is 4.10. The molecule has 0 saturated heterocycles. The SMILES string of the molecule is Cc1cc(OCC(=O)Nc2ccc3c(c2)OCCO3)c(C(C)C)cc1Br. The number of nitrogens with one attached hydrogen (secondary N) is 1. The molecule has 1 heterocycles. The lowest BCUT2D eigenvalue weighted by Gasteiger charge is -2.19. The Morgan fingerprint density at radius 2 is 1.92 bits per heavy atom. The first kappa shape index (κ1) is 18.6. The Morgan fingerprint density at radius 3 is 2.65 bits per heavy atom. The normalized spacial score (nSPS) is 12.8. The third-order valence-corrected chi connectivity index (χ3v) is 4.95. The van der Waals surface area contributed by atoms with E-state index < -0.39 is 0 Å². The van der Waals surface area contributed by atoms with Gasteiger partial charge >= 0.3 is 0 Å². The summed E-state index contributed by atoms with van der Waals surface area (Å²) in [6.07, 6.45) is 0. The summed E-state index contributed by atoms with van der Waals surface area (Å²) in [7, 11) is 0. The Kier molecular flexibility index (Phi) is 5.71. The molecule has 0 aliphatic carbocycles. The van der Waals surface area contributed by atoms with Gasteiger partial charge in [0, 0.05) is 16.2 Å². The summed E-state index contributed by atoms with van der Waals surface area (Å²) in [5.41, 5.74) is 2.78. The maximum absolute atomic E-state index is 12.3. The zero-order valence-electron chi connectivity index (χ0n) is 15.1. The second kappa shape index (κ2) is 7.99. The van der Waals surface area contributed by atoms with Crippen molar-refractivity contribution < 1.29 is 19.0 Å². The highest BCUT2D eigenvalue weighted by Gasteiger charge is 2.15. The van der Waals surface area contributed by atoms with E-state index in [0.717, 1.165) is 21.3 Å². The lowest BCUT2D eigenvalue weighted by molar-refractivity contribution is -0.118. The van der Waals surface area contributed by atoms with Crippen LogP contribution in [0.25, 0.3) is 0 Å². The van der Waals surface area contributed by atoms with E-state index in [9.17, 15) is 4.79 Å². The quantitative estimate of drug-likeness (QED) is 0.764. The van der Waals surface area contributed by atoms with Crippen LogP contribution in [0, 0.1) is 6.92 Å². The minimum Gasteiger partial charge on any atom is -0.486 e. The molecule has 0 spiro atoms. The van der Waals surface area contributed by atoms with Crippen LogP contribution in [-0.4, -0.2) is 25.7 Å². The molecule has 0 aromatic heterocycles. The summed E-state index contributed by atoms with van der Waals surface area (Å²) in [4.78, 5) is 12.3. The minimum atomic E-state index is -0.225. The van der Waals surface area contributed by atoms with Crippen LogP contribution in [0.5, 0.6) is 17.2 Å². The Labute approximate surface area is 161 Å². The Bertz CT molecular complexity index is 820. The molecule has 2 aromatic rings. The number of benzene rings is 2. The minimum absolute atomic E-state index is 0.0603. The molecule has 1 aliphatic rings. The second-order valence-electron chi connectivity index (χ2n) is 6.49. The molecule has 3 rings (SSSR count). The van der Waals surface area contributed by atoms with E-state index in [-0.39, 0.29) is 12.5 Å². The summed E-state index contributed by atoms with van der Waals surface area (Å²) in [5, 5.41) is 2.83. The van der Waals surface area contributed by atoms with Gasteiger partial charge in [0.2, 0.25) is 0 Å². The molecule has 0 radical (unpaired) electrons. The maximum atomic E-state index is 12.3. The van der Waals surface area contributed by atoms with Crippen LogP contribution in [0.1, 0.15) is 30.9 Å². The van der Waals surface area contributed by atoms with Gasteiger partial charge in [-0.3, -0.25) is 4.79 Å². The van der Waals surface area contributed by atoms with Crippen molar-refractivity contribution in [2.24, 2.45) is 0 Å². The smallest absolute Gasteiger partial charge is 0.262 e. The molecule has 0 bridgehead atoms. The molecular formula is C20H22BrNO4. The number of aryl methyl sites for hydroxylation is 1. The first-order valence-corrected chi connectivity index (χ1v) is 9.35. The molecule has 1 aliphatic heterocycles. The van der Waals surface area contributed by atoms with Crippen molar-refractivity contribution in [3.05, 3.63) is 45.9 Å². The zero-order valence-corrected chi connectivity index (χ0v) is 16.7. The van der Waals surface area contributed by atoms with Crippen LogP contribution in [0.4, 0.5) is 5.69 Å². The van der Waals surface area contributed by atoms with Crippen LogP contribution in [0.3, 0.4) is 0 Å². The molecule has 0 fully saturated rings. The Balaban J connectivity index is 1.65. The Hall–Kier alpha value is -2.21. The van der Waals surface area contributed by atoms with E-state index in [1.54, 1.807) is 18.2 Å². The highest BCUT2D eigenvalue weighted by Crippen LogP contribution is 2.33. The van der Waals surface area contributed by atoms with Gasteiger partial charge in [-0.25, -0.2) is 0 Å². The van der Waals surface area contributed by atoms with Crippen molar-refractivity contribution in [2.45, 2.75) is 26.7 Å². The topological polar surface area (TPSA) is 56.8 Å². The van der Waals surface area contributed by atoms with Gasteiger partial charge in [-0.05, 0) is 48.2 Å². The van der Waals surface area contributed by atoms with Gasteiger partial charge in [0.1, 0.15) is 19.0 Å². The van der Waals surface area contributed by atoms with Gasteiger partial charge in [0.05, 0.1) is 0 Å². The molecule has 6 heteroatoms. The average Bonchev–Trinajstić information content (AvgIpc) is 2.62. The number of carbonyl (C=O) groups is 1. The number of hydrogen-bond donors (Lipinski definition) is 1. The fraction of sp³-hybridized carbons (Fsp3) is 0.350. The van der Waals surface area contributed by atoms with Crippen molar-refractivity contribution in [1.29, 1.82) is 0 Å². The van der Waals surface area contributed by atoms with E-state index in [2.05, 4.69) is 35.1 Å². The average molecular weight is 420 g/mol. The van der Waals surface area contributed by atoms with Crippen molar-refractivity contribution in [3.63, 3.8) is 0 Å². The predicted octanol–water partition coefficient (Wildman–Crippen LogP) is 4.67. The molecular weight excluding hydrogens is 398 g/mol. The van der Waals surface area contributed by atoms with Crippen molar-refractivity contribution in [3.8, 4) is 17.2 Å². The maximum Gasteiger partial charge on any atom is 0.262 e. The van der Waals surface area contributed by atoms with Gasteiger partial charge in [-0.15, -0.1) is 0 Å². The molecule has 26 heavy (non-hydrogen) atoms. The van der Waals surface area contributed by atoms with E-state index >= 15 is 0 Å². The highest BCUT2D eigenvalue weighted by molar-refractivity contribution is 9.10. The van der Waals surface area contributed by atoms with Crippen LogP contribution >= 0.6 is 15.9 Å². The number of fused-ring (bicyclic) bond motifs is 1. The lowest BCUT2D eigenvalue weighted by Crippen LogP contribution is -2.21. The summed E-state index contributed by atoms with van der Waals surface area (Å²) >= 11 is 3.55. The van der Waals surface area contributed by atoms with Crippen molar-refractivity contribution in [1.82, 2.24) is 0 Å². The number of ether oxygens (including phenoxy) is 3. The number of carbonyl (C=O) groups excluding carboxylic acids is 1. The number of anilines is 1. The standard InChI is InChI=1S/C20H22BrNO4/c1-12(2)15-10-16(21)13(3)8-18(15)26-11-20(23)22-14-4-5-17-19(9-14)25-7-6-24-17/h4-5,8-10,12H,6-7,11H2,1-3H3,(H,22,23). The molecule has 138 valence electrons. The number of amides is 1. The molecule has 1 amide bonds. The van der Waals surface area contributed by atoms with Crippen LogP contribution in [-0.2, 0) is 4.79 Å². The second-order valence-corrected chi connectivity index (χ2v) is 7.34. The summed E-state index contributed by atoms with van der Waals surface area (Å²) in [6, 6.07) is 9.34. The molecule has 0 unspecified atom stereocenters. The van der Waals surface area contributed by atoms with Crippen molar-refractivity contribution >= 4 is 27.5 Å². The van der Waals surface area contributed by atoms with Gasteiger partial charge in [0.25, 0.3) is 5.91 Å². The van der Waals surface area contributed by atoms with Gasteiger partial charge < -0.3 is 19.5 Å². The monoisotopic (exact) mass is 419 g/mol. The summed E-state index contributed by atoms with van der Waals surface area (Å²) in [5.74, 6) is 2.13. The molecule has 0 saturated carbocycles. The van der Waals surface area contributed by atoms with E-state index in [4.69, 9.17) is 14.2 Å². The van der Waals surface area contributed by atoms with E-state index in [0.29, 0.717) is 36.3 Å². The number of halogens is 1. The lowest BCUT2D eigenvalue weighted by atomic mass is 10.0. The molecule has 2 aromatic carbocycles. The predicted molar refractivity (Wildman–Crippen MR) is 105 cm³/mol. The summed E-state index contributed by atoms with van der Waals surface area (Å²) < 4.78 is 17.8. The largest absolute Gasteiger partial charge is 0.486 e. The summed E-state index contributed by atoms with van der Waals surface area (Å²) in [6.45, 7) is 7.18. The first-order valence-electron chi connectivity index (χ1n) is 8.56. The molecule has 1 N–H and O–H groups in total. The first-order chi connectivity index (χ1) is 12.4. The van der Waals surface area contributed by atoms with Crippen LogP contribution < -0.4 is 19.5 Å². The van der Waals surface area contributed by atoms with Crippen molar-refractivity contribution in [2.75, 3.05) is 25.1 Å². The third kappa shape index (κ3) is 4.30.